The fourth-order valence-corrected chi connectivity index (χ4v) is 3.14. The van der Waals surface area contributed by atoms with Crippen LogP contribution >= 0.6 is 11.6 Å². The van der Waals surface area contributed by atoms with Crippen LogP contribution in [0.2, 0.25) is 5.02 Å². The van der Waals surface area contributed by atoms with Gasteiger partial charge in [0.25, 0.3) is 0 Å². The van der Waals surface area contributed by atoms with Crippen molar-refractivity contribution >= 4 is 17.5 Å². The first kappa shape index (κ1) is 17.7. The van der Waals surface area contributed by atoms with Crippen LogP contribution in [0.25, 0.3) is 0 Å². The highest BCUT2D eigenvalue weighted by molar-refractivity contribution is 6.32. The van der Waals surface area contributed by atoms with Gasteiger partial charge in [-0.1, -0.05) is 11.6 Å². The zero-order valence-corrected chi connectivity index (χ0v) is 14.7. The molecule has 1 fully saturated rings. The van der Waals surface area contributed by atoms with Gasteiger partial charge in [-0.2, -0.15) is 0 Å². The van der Waals surface area contributed by atoms with Crippen molar-refractivity contribution in [2.75, 3.05) is 26.2 Å². The molecule has 0 saturated carbocycles. The fraction of sp³-hybridized carbons (Fsp3) is 0.412. The Hall–Kier alpha value is -2.12. The standard InChI is InChI=1S/C17H20ClFN4O2/c1-22-7-6-21-17(22)14-11-20-5-8-23(14)16(24)4-9-25-15-3-2-12(19)10-13(15)18/h2-3,6-7,10,14,20H,4-5,8-9,11H2,1H3. The van der Waals surface area contributed by atoms with E-state index in [4.69, 9.17) is 16.3 Å². The van der Waals surface area contributed by atoms with Crippen molar-refractivity contribution in [3.05, 3.63) is 47.3 Å². The van der Waals surface area contributed by atoms with Gasteiger partial charge in [0.2, 0.25) is 5.91 Å². The summed E-state index contributed by atoms with van der Waals surface area (Å²) in [6.45, 7) is 2.22. The molecule has 2 heterocycles. The number of nitrogens with zero attached hydrogens (tertiary/aromatic N) is 3. The largest absolute Gasteiger partial charge is 0.491 e. The van der Waals surface area contributed by atoms with Gasteiger partial charge < -0.3 is 19.5 Å². The highest BCUT2D eigenvalue weighted by atomic mass is 35.5. The van der Waals surface area contributed by atoms with Crippen LogP contribution in [0, 0.1) is 5.82 Å². The summed E-state index contributed by atoms with van der Waals surface area (Å²) >= 11 is 5.92. The smallest absolute Gasteiger partial charge is 0.226 e. The number of nitrogens with one attached hydrogen (secondary N) is 1. The second kappa shape index (κ2) is 7.84. The summed E-state index contributed by atoms with van der Waals surface area (Å²) in [6, 6.07) is 3.82. The van der Waals surface area contributed by atoms with Gasteiger partial charge in [0.15, 0.2) is 0 Å². The fourth-order valence-electron chi connectivity index (χ4n) is 2.92. The van der Waals surface area contributed by atoms with Crippen molar-refractivity contribution in [1.82, 2.24) is 19.8 Å². The van der Waals surface area contributed by atoms with Crippen molar-refractivity contribution in [2.24, 2.45) is 7.05 Å². The van der Waals surface area contributed by atoms with Gasteiger partial charge in [-0.25, -0.2) is 9.37 Å². The van der Waals surface area contributed by atoms with Crippen LogP contribution in [-0.4, -0.2) is 46.6 Å². The summed E-state index contributed by atoms with van der Waals surface area (Å²) in [5, 5.41) is 3.49. The molecule has 1 unspecified atom stereocenters. The molecule has 1 atom stereocenters. The Morgan fingerprint density at radius 3 is 3.08 bits per heavy atom. The van der Waals surface area contributed by atoms with E-state index in [9.17, 15) is 9.18 Å². The molecule has 1 aliphatic rings. The van der Waals surface area contributed by atoms with Gasteiger partial charge in [0.1, 0.15) is 23.4 Å². The van der Waals surface area contributed by atoms with E-state index in [-0.39, 0.29) is 30.0 Å². The average molecular weight is 367 g/mol. The summed E-state index contributed by atoms with van der Waals surface area (Å²) < 4.78 is 20.5. The predicted octanol–water partition coefficient (Wildman–Crippen LogP) is 2.15. The first-order valence-corrected chi connectivity index (χ1v) is 8.49. The molecule has 1 N–H and O–H groups in total. The van der Waals surface area contributed by atoms with E-state index in [1.165, 1.54) is 18.2 Å². The number of carbonyl (C=O) groups excluding carboxylic acids is 1. The molecule has 1 amide bonds. The van der Waals surface area contributed by atoms with Gasteiger partial charge in [-0.05, 0) is 18.2 Å². The number of amides is 1. The van der Waals surface area contributed by atoms with E-state index in [0.717, 1.165) is 12.4 Å². The highest BCUT2D eigenvalue weighted by Crippen LogP contribution is 2.25. The third kappa shape index (κ3) is 4.11. The summed E-state index contributed by atoms with van der Waals surface area (Å²) in [5.41, 5.74) is 0. The second-order valence-electron chi connectivity index (χ2n) is 5.88. The maximum atomic E-state index is 13.0. The van der Waals surface area contributed by atoms with Gasteiger partial charge >= 0.3 is 0 Å². The molecular weight excluding hydrogens is 347 g/mol. The van der Waals surface area contributed by atoms with E-state index < -0.39 is 5.82 Å². The lowest BCUT2D eigenvalue weighted by molar-refractivity contribution is -0.135. The number of hydrogen-bond donors (Lipinski definition) is 1. The zero-order chi connectivity index (χ0) is 17.8. The number of aromatic nitrogens is 2. The van der Waals surface area contributed by atoms with Crippen LogP contribution in [0.15, 0.2) is 30.6 Å². The number of rotatable bonds is 5. The first-order chi connectivity index (χ1) is 12.1. The third-order valence-electron chi connectivity index (χ3n) is 4.19. The molecule has 6 nitrogen and oxygen atoms in total. The van der Waals surface area contributed by atoms with E-state index in [1.54, 1.807) is 6.20 Å². The molecule has 1 saturated heterocycles. The van der Waals surface area contributed by atoms with Gasteiger partial charge in [0, 0.05) is 39.1 Å². The molecule has 1 aromatic carbocycles. The van der Waals surface area contributed by atoms with E-state index in [1.807, 2.05) is 22.7 Å². The topological polar surface area (TPSA) is 59.4 Å². The molecule has 3 rings (SSSR count). The molecule has 0 radical (unpaired) electrons. The van der Waals surface area contributed by atoms with E-state index in [0.29, 0.717) is 18.8 Å². The maximum Gasteiger partial charge on any atom is 0.226 e. The minimum absolute atomic E-state index is 0.00673. The lowest BCUT2D eigenvalue weighted by Crippen LogP contribution is -2.49. The number of piperazine rings is 1. The van der Waals surface area contributed by atoms with Crippen LogP contribution in [0.5, 0.6) is 5.75 Å². The number of benzene rings is 1. The molecule has 0 bridgehead atoms. The lowest BCUT2D eigenvalue weighted by atomic mass is 10.1. The monoisotopic (exact) mass is 366 g/mol. The van der Waals surface area contributed by atoms with Crippen LogP contribution in [0.4, 0.5) is 4.39 Å². The molecule has 25 heavy (non-hydrogen) atoms. The van der Waals surface area contributed by atoms with E-state index >= 15 is 0 Å². The second-order valence-corrected chi connectivity index (χ2v) is 6.28. The van der Waals surface area contributed by atoms with Gasteiger partial charge in [-0.3, -0.25) is 4.79 Å². The van der Waals surface area contributed by atoms with E-state index in [2.05, 4.69) is 10.3 Å². The Balaban J connectivity index is 1.60. The molecule has 0 aliphatic carbocycles. The molecule has 0 spiro atoms. The molecule has 2 aromatic rings. The number of carbonyl (C=O) groups is 1. The number of halogens is 2. The summed E-state index contributed by atoms with van der Waals surface area (Å²) in [6.07, 6.45) is 3.81. The van der Waals surface area contributed by atoms with Crippen molar-refractivity contribution in [1.29, 1.82) is 0 Å². The Bertz CT molecular complexity index is 752. The zero-order valence-electron chi connectivity index (χ0n) is 13.9. The Morgan fingerprint density at radius 1 is 1.52 bits per heavy atom. The average Bonchev–Trinajstić information content (AvgIpc) is 3.02. The molecule has 1 aliphatic heterocycles. The Morgan fingerprint density at radius 2 is 2.36 bits per heavy atom. The Labute approximate surface area is 150 Å². The summed E-state index contributed by atoms with van der Waals surface area (Å²) in [5.74, 6) is 0.791. The highest BCUT2D eigenvalue weighted by Gasteiger charge is 2.30. The van der Waals surface area contributed by atoms with Crippen molar-refractivity contribution in [3.63, 3.8) is 0 Å². The van der Waals surface area contributed by atoms with Crippen LogP contribution in [-0.2, 0) is 11.8 Å². The van der Waals surface area contributed by atoms with Crippen molar-refractivity contribution in [3.8, 4) is 5.75 Å². The van der Waals surface area contributed by atoms with Gasteiger partial charge in [0.05, 0.1) is 18.1 Å². The third-order valence-corrected chi connectivity index (χ3v) is 4.48. The maximum absolute atomic E-state index is 13.0. The molecule has 1 aromatic heterocycles. The normalized spacial score (nSPS) is 17.6. The number of aryl methyl sites for hydroxylation is 1. The number of imidazole rings is 1. The van der Waals surface area contributed by atoms with Crippen LogP contribution in [0.3, 0.4) is 0 Å². The quantitative estimate of drug-likeness (QED) is 0.881. The van der Waals surface area contributed by atoms with Crippen LogP contribution in [0.1, 0.15) is 18.3 Å². The minimum Gasteiger partial charge on any atom is -0.491 e. The SMILES string of the molecule is Cn1ccnc1C1CNCCN1C(=O)CCOc1ccc(F)cc1Cl. The Kier molecular flexibility index (Phi) is 5.55. The minimum atomic E-state index is -0.424. The summed E-state index contributed by atoms with van der Waals surface area (Å²) in [7, 11) is 1.92. The van der Waals surface area contributed by atoms with Crippen molar-refractivity contribution in [2.45, 2.75) is 12.5 Å². The summed E-state index contributed by atoms with van der Waals surface area (Å²) in [4.78, 5) is 18.8. The van der Waals surface area contributed by atoms with Crippen molar-refractivity contribution < 1.29 is 13.9 Å². The molecule has 134 valence electrons. The van der Waals surface area contributed by atoms with Gasteiger partial charge in [-0.15, -0.1) is 0 Å². The predicted molar refractivity (Wildman–Crippen MR) is 92.1 cm³/mol. The van der Waals surface area contributed by atoms with Crippen LogP contribution < -0.4 is 10.1 Å². The molecule has 8 heteroatoms. The first-order valence-electron chi connectivity index (χ1n) is 8.11. The molecular formula is C17H20ClFN4O2. The lowest BCUT2D eigenvalue weighted by Gasteiger charge is -2.35. The number of hydrogen-bond acceptors (Lipinski definition) is 4. The number of ether oxygens (including phenoxy) is 1.